The Morgan fingerprint density at radius 3 is 2.44 bits per heavy atom. The van der Waals surface area contributed by atoms with Gasteiger partial charge in [0.05, 0.1) is 0 Å². The SMILES string of the molecule is O=C(C=Cc1cccc2ccccc12)N1CCC(N2CCCC2)CC1. The topological polar surface area (TPSA) is 23.6 Å². The van der Waals surface area contributed by atoms with Gasteiger partial charge in [0, 0.05) is 25.2 Å². The van der Waals surface area contributed by atoms with E-state index in [0.29, 0.717) is 6.04 Å². The quantitative estimate of drug-likeness (QED) is 0.794. The summed E-state index contributed by atoms with van der Waals surface area (Å²) in [7, 11) is 0. The zero-order chi connectivity index (χ0) is 17.1. The number of hydrogen-bond acceptors (Lipinski definition) is 2. The molecule has 0 N–H and O–H groups in total. The first-order valence-corrected chi connectivity index (χ1v) is 9.50. The molecular weight excluding hydrogens is 308 g/mol. The molecule has 1 amide bonds. The summed E-state index contributed by atoms with van der Waals surface area (Å²) in [6, 6.07) is 15.2. The number of benzene rings is 2. The summed E-state index contributed by atoms with van der Waals surface area (Å²) in [4.78, 5) is 17.2. The second-order valence-electron chi connectivity index (χ2n) is 7.20. The fourth-order valence-corrected chi connectivity index (χ4v) is 4.22. The molecule has 2 aliphatic rings. The summed E-state index contributed by atoms with van der Waals surface area (Å²) in [5.41, 5.74) is 1.11. The molecular formula is C22H26N2O. The van der Waals surface area contributed by atoms with Gasteiger partial charge in [0.15, 0.2) is 0 Å². The number of fused-ring (bicyclic) bond motifs is 1. The van der Waals surface area contributed by atoms with E-state index >= 15 is 0 Å². The molecule has 2 heterocycles. The van der Waals surface area contributed by atoms with Gasteiger partial charge >= 0.3 is 0 Å². The van der Waals surface area contributed by atoms with Crippen LogP contribution in [0.4, 0.5) is 0 Å². The minimum absolute atomic E-state index is 0.146. The third-order valence-electron chi connectivity index (χ3n) is 5.66. The Bertz CT molecular complexity index is 763. The summed E-state index contributed by atoms with van der Waals surface area (Å²) < 4.78 is 0. The van der Waals surface area contributed by atoms with Gasteiger partial charge < -0.3 is 9.80 Å². The Kier molecular flexibility index (Phi) is 4.84. The van der Waals surface area contributed by atoms with Gasteiger partial charge in [-0.2, -0.15) is 0 Å². The third kappa shape index (κ3) is 3.62. The molecule has 130 valence electrons. The van der Waals surface area contributed by atoms with Gasteiger partial charge in [0.25, 0.3) is 0 Å². The molecule has 0 atom stereocenters. The molecule has 4 rings (SSSR count). The number of rotatable bonds is 3. The number of amides is 1. The van der Waals surface area contributed by atoms with Crippen LogP contribution in [0.3, 0.4) is 0 Å². The molecule has 2 aromatic carbocycles. The average Bonchev–Trinajstić information content (AvgIpc) is 3.21. The lowest BCUT2D eigenvalue weighted by molar-refractivity contribution is -0.127. The van der Waals surface area contributed by atoms with Gasteiger partial charge in [-0.05, 0) is 61.2 Å². The van der Waals surface area contributed by atoms with E-state index < -0.39 is 0 Å². The fraction of sp³-hybridized carbons (Fsp3) is 0.409. The molecule has 0 spiro atoms. The van der Waals surface area contributed by atoms with E-state index in [9.17, 15) is 4.79 Å². The average molecular weight is 334 g/mol. The maximum atomic E-state index is 12.6. The van der Waals surface area contributed by atoms with Gasteiger partial charge in [-0.15, -0.1) is 0 Å². The second-order valence-corrected chi connectivity index (χ2v) is 7.20. The Labute approximate surface area is 149 Å². The zero-order valence-electron chi connectivity index (χ0n) is 14.7. The minimum Gasteiger partial charge on any atom is -0.339 e. The van der Waals surface area contributed by atoms with Crippen LogP contribution in [0, 0.1) is 0 Å². The first-order valence-electron chi connectivity index (χ1n) is 9.50. The van der Waals surface area contributed by atoms with Crippen LogP contribution in [-0.2, 0) is 4.79 Å². The molecule has 2 aliphatic heterocycles. The van der Waals surface area contributed by atoms with Gasteiger partial charge in [0.2, 0.25) is 5.91 Å². The van der Waals surface area contributed by atoms with E-state index in [0.717, 1.165) is 31.5 Å². The molecule has 3 heteroatoms. The van der Waals surface area contributed by atoms with Crippen LogP contribution in [-0.4, -0.2) is 47.9 Å². The Morgan fingerprint density at radius 2 is 1.64 bits per heavy atom. The van der Waals surface area contributed by atoms with Crippen molar-refractivity contribution in [2.75, 3.05) is 26.2 Å². The summed E-state index contributed by atoms with van der Waals surface area (Å²) in [6.45, 7) is 4.28. The molecule has 0 radical (unpaired) electrons. The molecule has 0 saturated carbocycles. The van der Waals surface area contributed by atoms with Crippen molar-refractivity contribution in [2.45, 2.75) is 31.7 Å². The van der Waals surface area contributed by atoms with Crippen molar-refractivity contribution in [3.05, 3.63) is 54.1 Å². The van der Waals surface area contributed by atoms with Crippen LogP contribution in [0.1, 0.15) is 31.2 Å². The number of hydrogen-bond donors (Lipinski definition) is 0. The normalized spacial score (nSPS) is 19.9. The number of piperidine rings is 1. The van der Waals surface area contributed by atoms with Crippen LogP contribution in [0.5, 0.6) is 0 Å². The number of carbonyl (C=O) groups excluding carboxylic acids is 1. The van der Waals surface area contributed by atoms with E-state index in [1.165, 1.54) is 36.7 Å². The van der Waals surface area contributed by atoms with Gasteiger partial charge in [-0.25, -0.2) is 0 Å². The third-order valence-corrected chi connectivity index (χ3v) is 5.66. The van der Waals surface area contributed by atoms with Crippen LogP contribution >= 0.6 is 0 Å². The van der Waals surface area contributed by atoms with Crippen LogP contribution in [0.15, 0.2) is 48.5 Å². The monoisotopic (exact) mass is 334 g/mol. The van der Waals surface area contributed by atoms with E-state index in [1.807, 2.05) is 29.2 Å². The van der Waals surface area contributed by atoms with Crippen molar-refractivity contribution >= 4 is 22.8 Å². The second kappa shape index (κ2) is 7.40. The number of likely N-dealkylation sites (tertiary alicyclic amines) is 2. The van der Waals surface area contributed by atoms with Crippen molar-refractivity contribution < 1.29 is 4.79 Å². The molecule has 2 saturated heterocycles. The van der Waals surface area contributed by atoms with Crippen molar-refractivity contribution in [1.82, 2.24) is 9.80 Å². The first kappa shape index (κ1) is 16.3. The molecule has 3 nitrogen and oxygen atoms in total. The summed E-state index contributed by atoms with van der Waals surface area (Å²) in [6.07, 6.45) is 8.64. The van der Waals surface area contributed by atoms with Crippen molar-refractivity contribution in [3.63, 3.8) is 0 Å². The summed E-state index contributed by atoms with van der Waals surface area (Å²) in [5, 5.41) is 2.41. The largest absolute Gasteiger partial charge is 0.339 e. The lowest BCUT2D eigenvalue weighted by Crippen LogP contribution is -2.45. The molecule has 0 bridgehead atoms. The molecule has 2 fully saturated rings. The summed E-state index contributed by atoms with van der Waals surface area (Å²) in [5.74, 6) is 0.146. The predicted molar refractivity (Wildman–Crippen MR) is 103 cm³/mol. The maximum Gasteiger partial charge on any atom is 0.246 e. The lowest BCUT2D eigenvalue weighted by Gasteiger charge is -2.36. The van der Waals surface area contributed by atoms with Gasteiger partial charge in [-0.1, -0.05) is 42.5 Å². The first-order chi connectivity index (χ1) is 12.3. The number of carbonyl (C=O) groups is 1. The maximum absolute atomic E-state index is 12.6. The fourth-order valence-electron chi connectivity index (χ4n) is 4.22. The molecule has 25 heavy (non-hydrogen) atoms. The Morgan fingerprint density at radius 1 is 0.920 bits per heavy atom. The van der Waals surface area contributed by atoms with Crippen LogP contribution < -0.4 is 0 Å². The Balaban J connectivity index is 1.39. The minimum atomic E-state index is 0.146. The predicted octanol–water partition coefficient (Wildman–Crippen LogP) is 3.94. The summed E-state index contributed by atoms with van der Waals surface area (Å²) >= 11 is 0. The van der Waals surface area contributed by atoms with E-state index in [-0.39, 0.29) is 5.91 Å². The van der Waals surface area contributed by atoms with E-state index in [1.54, 1.807) is 6.08 Å². The molecule has 0 aromatic heterocycles. The van der Waals surface area contributed by atoms with Gasteiger partial charge in [-0.3, -0.25) is 4.79 Å². The van der Waals surface area contributed by atoms with E-state index in [4.69, 9.17) is 0 Å². The van der Waals surface area contributed by atoms with E-state index in [2.05, 4.69) is 29.2 Å². The smallest absolute Gasteiger partial charge is 0.246 e. The molecule has 0 unspecified atom stereocenters. The van der Waals surface area contributed by atoms with Crippen molar-refractivity contribution in [3.8, 4) is 0 Å². The highest BCUT2D eigenvalue weighted by Gasteiger charge is 2.27. The highest BCUT2D eigenvalue weighted by molar-refractivity contribution is 5.96. The lowest BCUT2D eigenvalue weighted by atomic mass is 10.0. The van der Waals surface area contributed by atoms with Crippen LogP contribution in [0.25, 0.3) is 16.8 Å². The van der Waals surface area contributed by atoms with Gasteiger partial charge in [0.1, 0.15) is 0 Å². The highest BCUT2D eigenvalue weighted by atomic mass is 16.2. The van der Waals surface area contributed by atoms with Crippen molar-refractivity contribution in [2.24, 2.45) is 0 Å². The molecule has 2 aromatic rings. The van der Waals surface area contributed by atoms with Crippen LogP contribution in [0.2, 0.25) is 0 Å². The highest BCUT2D eigenvalue weighted by Crippen LogP contribution is 2.22. The molecule has 0 aliphatic carbocycles. The van der Waals surface area contributed by atoms with Crippen molar-refractivity contribution in [1.29, 1.82) is 0 Å². The standard InChI is InChI=1S/C22H26N2O/c25-22(24-16-12-20(13-17-24)23-14-3-4-15-23)11-10-19-8-5-7-18-6-1-2-9-21(18)19/h1-2,5-11,20H,3-4,12-17H2. The Hall–Kier alpha value is -2.13. The number of nitrogens with zero attached hydrogens (tertiary/aromatic N) is 2. The zero-order valence-corrected chi connectivity index (χ0v) is 14.7.